The first kappa shape index (κ1) is 31.0. The van der Waals surface area contributed by atoms with E-state index in [1.165, 1.54) is 23.1 Å². The highest BCUT2D eigenvalue weighted by Gasteiger charge is 2.33. The molecule has 214 valence electrons. The molecule has 0 aliphatic rings. The molecule has 3 aromatic rings. The lowest BCUT2D eigenvalue weighted by Gasteiger charge is -2.33. The first-order chi connectivity index (χ1) is 19.0. The van der Waals surface area contributed by atoms with Gasteiger partial charge in [0.1, 0.15) is 18.3 Å². The molecule has 0 fully saturated rings. The Morgan fingerprint density at radius 2 is 1.70 bits per heavy atom. The molecule has 10 heteroatoms. The Balaban J connectivity index is 2.06. The molecule has 0 saturated heterocycles. The van der Waals surface area contributed by atoms with E-state index in [2.05, 4.69) is 5.32 Å². The number of hydrogen-bond acceptors (Lipinski definition) is 5. The van der Waals surface area contributed by atoms with Gasteiger partial charge >= 0.3 is 0 Å². The van der Waals surface area contributed by atoms with Crippen LogP contribution < -0.4 is 14.4 Å². The summed E-state index contributed by atoms with van der Waals surface area (Å²) < 4.78 is 34.2. The third kappa shape index (κ3) is 7.55. The number of amides is 2. The quantitative estimate of drug-likeness (QED) is 0.316. The zero-order valence-electron chi connectivity index (χ0n) is 23.4. The first-order valence-electron chi connectivity index (χ1n) is 13.0. The fraction of sp³-hybridized carbons (Fsp3) is 0.333. The maximum atomic E-state index is 14.0. The number of halogens is 1. The largest absolute Gasteiger partial charge is 0.497 e. The molecule has 3 rings (SSSR count). The van der Waals surface area contributed by atoms with Gasteiger partial charge in [-0.25, -0.2) is 8.42 Å². The van der Waals surface area contributed by atoms with Crippen molar-refractivity contribution in [1.29, 1.82) is 0 Å². The molecule has 0 aliphatic heterocycles. The van der Waals surface area contributed by atoms with E-state index >= 15 is 0 Å². The number of hydrogen-bond donors (Lipinski definition) is 1. The summed E-state index contributed by atoms with van der Waals surface area (Å²) in [4.78, 5) is 28.6. The zero-order valence-corrected chi connectivity index (χ0v) is 25.0. The number of ether oxygens (including phenoxy) is 1. The molecule has 1 N–H and O–H groups in total. The van der Waals surface area contributed by atoms with Crippen LogP contribution in [-0.2, 0) is 26.2 Å². The summed E-state index contributed by atoms with van der Waals surface area (Å²) >= 11 is 6.26. The molecule has 40 heavy (non-hydrogen) atoms. The monoisotopic (exact) mass is 585 g/mol. The van der Waals surface area contributed by atoms with Crippen molar-refractivity contribution in [2.24, 2.45) is 0 Å². The summed E-state index contributed by atoms with van der Waals surface area (Å²) in [7, 11) is -2.62. The third-order valence-electron chi connectivity index (χ3n) is 6.71. The van der Waals surface area contributed by atoms with Crippen molar-refractivity contribution in [2.45, 2.75) is 57.6 Å². The highest BCUT2D eigenvalue weighted by Crippen LogP contribution is 2.30. The molecule has 2 amide bonds. The molecule has 0 aliphatic carbocycles. The average molecular weight is 586 g/mol. The van der Waals surface area contributed by atoms with E-state index in [9.17, 15) is 18.0 Å². The second kappa shape index (κ2) is 13.7. The highest BCUT2D eigenvalue weighted by molar-refractivity contribution is 7.92. The number of methoxy groups -OCH3 is 1. The van der Waals surface area contributed by atoms with Gasteiger partial charge < -0.3 is 15.0 Å². The Labute approximate surface area is 241 Å². The van der Waals surface area contributed by atoms with Gasteiger partial charge in [0.15, 0.2) is 0 Å². The summed E-state index contributed by atoms with van der Waals surface area (Å²) in [5.41, 5.74) is 1.63. The number of aryl methyl sites for hydroxylation is 1. The second-order valence-electron chi connectivity index (χ2n) is 9.62. The Morgan fingerprint density at radius 3 is 2.35 bits per heavy atom. The fourth-order valence-corrected chi connectivity index (χ4v) is 5.76. The first-order valence-corrected chi connectivity index (χ1v) is 14.9. The number of carbonyl (C=O) groups is 2. The molecule has 0 unspecified atom stereocenters. The minimum atomic E-state index is -4.17. The van der Waals surface area contributed by atoms with Crippen LogP contribution in [0.5, 0.6) is 5.75 Å². The molecule has 0 saturated carbocycles. The standard InChI is InChI=1S/C30H36ClN3O5S/c1-6-22(3)32-30(36)23(4)33(19-24-11-10-12-26(17-24)39-5)29(35)20-34(28-18-25(31)16-15-21(28)2)40(37,38)27-13-8-7-9-14-27/h7-18,22-23H,6,19-20H2,1-5H3,(H,32,36)/t22-,23+/m1/s1. The van der Waals surface area contributed by atoms with Gasteiger partial charge in [0, 0.05) is 17.6 Å². The summed E-state index contributed by atoms with van der Waals surface area (Å²) in [5, 5.41) is 3.25. The van der Waals surface area contributed by atoms with Crippen molar-refractivity contribution in [1.82, 2.24) is 10.2 Å². The minimum absolute atomic E-state index is 0.0316. The normalized spacial score (nSPS) is 12.8. The van der Waals surface area contributed by atoms with E-state index in [1.807, 2.05) is 19.9 Å². The number of anilines is 1. The molecule has 0 heterocycles. The maximum absolute atomic E-state index is 14.0. The molecule has 0 aromatic heterocycles. The van der Waals surface area contributed by atoms with Gasteiger partial charge in [-0.3, -0.25) is 13.9 Å². The number of nitrogens with one attached hydrogen (secondary N) is 1. The number of sulfonamides is 1. The third-order valence-corrected chi connectivity index (χ3v) is 8.71. The fourth-order valence-electron chi connectivity index (χ4n) is 4.10. The SMILES string of the molecule is CC[C@@H](C)NC(=O)[C@H](C)N(Cc1cccc(OC)c1)C(=O)CN(c1cc(Cl)ccc1C)S(=O)(=O)c1ccccc1. The summed E-state index contributed by atoms with van der Waals surface area (Å²) in [5.74, 6) is -0.278. The minimum Gasteiger partial charge on any atom is -0.497 e. The van der Waals surface area contributed by atoms with Gasteiger partial charge in [0.25, 0.3) is 10.0 Å². The summed E-state index contributed by atoms with van der Waals surface area (Å²) in [6.07, 6.45) is 0.722. The Morgan fingerprint density at radius 1 is 1.00 bits per heavy atom. The molecule has 0 radical (unpaired) electrons. The van der Waals surface area contributed by atoms with E-state index in [0.29, 0.717) is 16.3 Å². The van der Waals surface area contributed by atoms with Crippen LogP contribution in [0.1, 0.15) is 38.3 Å². The predicted molar refractivity (Wildman–Crippen MR) is 158 cm³/mol. The molecule has 8 nitrogen and oxygen atoms in total. The van der Waals surface area contributed by atoms with Crippen LogP contribution in [-0.4, -0.2) is 50.9 Å². The molecular weight excluding hydrogens is 550 g/mol. The van der Waals surface area contributed by atoms with Crippen LogP contribution in [0.2, 0.25) is 5.02 Å². The van der Waals surface area contributed by atoms with Gasteiger partial charge in [0.2, 0.25) is 11.8 Å². The summed E-state index contributed by atoms with van der Waals surface area (Å²) in [6, 6.07) is 19.0. The van der Waals surface area contributed by atoms with E-state index < -0.39 is 28.5 Å². The Hall–Kier alpha value is -3.56. The van der Waals surface area contributed by atoms with Crippen molar-refractivity contribution in [3.8, 4) is 5.75 Å². The van der Waals surface area contributed by atoms with E-state index in [0.717, 1.165) is 16.3 Å². The van der Waals surface area contributed by atoms with Gasteiger partial charge in [-0.1, -0.05) is 54.9 Å². The van der Waals surface area contributed by atoms with Crippen molar-refractivity contribution < 1.29 is 22.7 Å². The molecular formula is C30H36ClN3O5S. The topological polar surface area (TPSA) is 96.0 Å². The molecule has 0 bridgehead atoms. The highest BCUT2D eigenvalue weighted by atomic mass is 35.5. The number of rotatable bonds is 12. The van der Waals surface area contributed by atoms with Gasteiger partial charge in [-0.05, 0) is 74.7 Å². The van der Waals surface area contributed by atoms with Crippen LogP contribution in [0.15, 0.2) is 77.7 Å². The van der Waals surface area contributed by atoms with Crippen LogP contribution in [0.3, 0.4) is 0 Å². The van der Waals surface area contributed by atoms with E-state index in [-0.39, 0.29) is 29.1 Å². The Bertz CT molecular complexity index is 1430. The smallest absolute Gasteiger partial charge is 0.264 e. The number of carbonyl (C=O) groups excluding carboxylic acids is 2. The van der Waals surface area contributed by atoms with Gasteiger partial charge in [0.05, 0.1) is 17.7 Å². The lowest BCUT2D eigenvalue weighted by atomic mass is 10.1. The lowest BCUT2D eigenvalue weighted by molar-refractivity contribution is -0.139. The predicted octanol–water partition coefficient (Wildman–Crippen LogP) is 5.18. The van der Waals surface area contributed by atoms with Crippen molar-refractivity contribution in [3.05, 3.63) is 88.9 Å². The van der Waals surface area contributed by atoms with E-state index in [4.69, 9.17) is 16.3 Å². The van der Waals surface area contributed by atoms with Gasteiger partial charge in [-0.2, -0.15) is 0 Å². The van der Waals surface area contributed by atoms with Crippen LogP contribution in [0.25, 0.3) is 0 Å². The van der Waals surface area contributed by atoms with Gasteiger partial charge in [-0.15, -0.1) is 0 Å². The Kier molecular flexibility index (Phi) is 10.6. The van der Waals surface area contributed by atoms with E-state index in [1.54, 1.807) is 69.5 Å². The van der Waals surface area contributed by atoms with Crippen LogP contribution in [0.4, 0.5) is 5.69 Å². The number of nitrogens with zero attached hydrogens (tertiary/aromatic N) is 2. The second-order valence-corrected chi connectivity index (χ2v) is 11.9. The molecule has 3 aromatic carbocycles. The van der Waals surface area contributed by atoms with Crippen molar-refractivity contribution in [2.75, 3.05) is 18.0 Å². The molecule has 0 spiro atoms. The maximum Gasteiger partial charge on any atom is 0.264 e. The van der Waals surface area contributed by atoms with Crippen molar-refractivity contribution >= 4 is 39.1 Å². The van der Waals surface area contributed by atoms with Crippen LogP contribution in [0, 0.1) is 6.92 Å². The average Bonchev–Trinajstić information content (AvgIpc) is 2.95. The van der Waals surface area contributed by atoms with Crippen molar-refractivity contribution in [3.63, 3.8) is 0 Å². The molecule has 2 atom stereocenters. The zero-order chi connectivity index (χ0) is 29.4. The number of benzene rings is 3. The lowest BCUT2D eigenvalue weighted by Crippen LogP contribution is -2.52. The van der Waals surface area contributed by atoms with Crippen LogP contribution >= 0.6 is 11.6 Å². The summed E-state index contributed by atoms with van der Waals surface area (Å²) in [6.45, 7) is 6.75.